The molecule has 0 saturated carbocycles. The van der Waals surface area contributed by atoms with Crippen LogP contribution < -0.4 is 514 Å². The summed E-state index contributed by atoms with van der Waals surface area (Å²) in [5.74, 6) is -5.61. The SMILES string of the molecule is C=CC(=O)OCCCCOC(=O)C(C(=O)OCCCCOC(=O)C=C)=C1Sc2[c-]cc[c-]c2S1.Cc1cc(C)c2cc(-c3nc4[c-]cc[c-]c4s3)oc2c1.[C-]#[N+]/C(C(=O)OCCCCOC(=O)C=C)=C1/Sc2[c-]cc(C(C)(C)C)[c-]c2S1.[C-]#[N+]/C(C(=O)OCCOC(=O)C=C)=C1/Sc2[c-]cc(C(C)(C)C)[c-]c2S1.[C-]#[N+]C(C(=O)OCCOC(=O)C=C)=C1Sc2[c-]cc[c-]c2S1.[K+].[K+].[K+].[K+].[K+].[K+].[K+].[K+].[K+].[K+]. The fraction of sp³-hybridized carbons (Fsp3) is 0.271. The number of carbonyl (C=O) groups is 10. The third kappa shape index (κ3) is 51.2. The third-order valence-corrected chi connectivity index (χ3v) is 27.4. The van der Waals surface area contributed by atoms with Crippen molar-refractivity contribution in [2.45, 2.75) is 144 Å². The van der Waals surface area contributed by atoms with Crippen molar-refractivity contribution in [2.24, 2.45) is 0 Å². The van der Waals surface area contributed by atoms with Crippen LogP contribution in [0.5, 0.6) is 0 Å². The second kappa shape index (κ2) is 80.5. The molecule has 0 unspecified atom stereocenters. The van der Waals surface area contributed by atoms with Crippen molar-refractivity contribution in [3.63, 3.8) is 0 Å². The van der Waals surface area contributed by atoms with Crippen molar-refractivity contribution < 1.29 is 614 Å². The minimum atomic E-state index is -0.796. The average molecular weight is 2310 g/mol. The van der Waals surface area contributed by atoms with E-state index in [0.29, 0.717) is 55.5 Å². The number of ether oxygens (including phenoxy) is 10. The van der Waals surface area contributed by atoms with E-state index in [9.17, 15) is 47.9 Å². The van der Waals surface area contributed by atoms with E-state index in [1.165, 1.54) is 105 Å². The van der Waals surface area contributed by atoms with Gasteiger partial charge in [0.1, 0.15) is 37.0 Å². The molecule has 6 aromatic carbocycles. The quantitative estimate of drug-likeness (QED) is 0.00553. The predicted molar refractivity (Wildman–Crippen MR) is 499 cm³/mol. The smallest absolute Gasteiger partial charge is 0.471 e. The van der Waals surface area contributed by atoms with E-state index in [-0.39, 0.29) is 613 Å². The molecule has 0 fully saturated rings. The van der Waals surface area contributed by atoms with Crippen molar-refractivity contribution in [3.8, 4) is 10.8 Å². The number of fused-ring (bicyclic) bond motifs is 6. The monoisotopic (exact) mass is 2300 g/mol. The van der Waals surface area contributed by atoms with E-state index in [2.05, 4.69) is 191 Å². The Balaban J connectivity index is -0.00000166. The summed E-state index contributed by atoms with van der Waals surface area (Å²) in [4.78, 5) is 138. The second-order valence-electron chi connectivity index (χ2n) is 28.3. The molecule has 4 aliphatic rings. The predicted octanol–water partition coefficient (Wildman–Crippen LogP) is -9.32. The Labute approximate surface area is 1280 Å². The molecule has 0 aliphatic carbocycles. The summed E-state index contributed by atoms with van der Waals surface area (Å²) < 4.78 is 58.8. The Morgan fingerprint density at radius 3 is 0.986 bits per heavy atom. The minimum Gasteiger partial charge on any atom is -0.471 e. The van der Waals surface area contributed by atoms with Gasteiger partial charge in [0.2, 0.25) is 0 Å². The van der Waals surface area contributed by atoms with E-state index in [0.717, 1.165) is 113 Å². The summed E-state index contributed by atoms with van der Waals surface area (Å²) in [6.45, 7) is 55.4. The van der Waals surface area contributed by atoms with Crippen LogP contribution in [0.15, 0.2) is 213 Å². The maximum Gasteiger partial charge on any atom is 1.00 e. The zero-order chi connectivity index (χ0) is 94.5. The van der Waals surface area contributed by atoms with Crippen LogP contribution in [0.2, 0.25) is 0 Å². The summed E-state index contributed by atoms with van der Waals surface area (Å²) in [7, 11) is 0. The first-order valence-corrected chi connectivity index (χ1v) is 46.5. The molecule has 4 aliphatic heterocycles. The topological polar surface area (TPSA) is 302 Å². The molecule has 140 heavy (non-hydrogen) atoms. The molecule has 0 radical (unpaired) electrons. The number of nitrogens with zero attached hydrogens (tertiary/aromatic N) is 4. The van der Waals surface area contributed by atoms with Gasteiger partial charge in [-0.1, -0.05) is 91.3 Å². The number of benzene rings is 6. The number of aromatic nitrogens is 1. The van der Waals surface area contributed by atoms with Crippen LogP contribution in [-0.4, -0.2) is 131 Å². The first kappa shape index (κ1) is 149. The zero-order valence-corrected chi connectivity index (χ0v) is 120. The summed E-state index contributed by atoms with van der Waals surface area (Å²) in [6, 6.07) is 52.2. The molecule has 676 valence electrons. The molecule has 0 amide bonds. The van der Waals surface area contributed by atoms with Gasteiger partial charge in [0, 0.05) is 52.7 Å². The number of rotatable bonds is 32. The molecule has 0 saturated heterocycles. The molecule has 12 rings (SSSR count). The van der Waals surface area contributed by atoms with Gasteiger partial charge in [-0.25, -0.2) is 88.8 Å². The number of furan rings is 1. The molecule has 25 nitrogen and oxygen atoms in total. The number of esters is 10. The van der Waals surface area contributed by atoms with Gasteiger partial charge in [0.15, 0.2) is 11.3 Å². The van der Waals surface area contributed by atoms with Gasteiger partial charge in [-0.2, -0.15) is 109 Å². The van der Waals surface area contributed by atoms with Crippen molar-refractivity contribution in [3.05, 3.63) is 287 Å². The van der Waals surface area contributed by atoms with Crippen LogP contribution in [0, 0.1) is 94.2 Å². The number of hydrogen-bond acceptors (Lipinski definition) is 31. The van der Waals surface area contributed by atoms with Crippen LogP contribution in [0.25, 0.3) is 46.5 Å². The van der Waals surface area contributed by atoms with Crippen molar-refractivity contribution in [1.82, 2.24) is 4.98 Å². The average Bonchev–Trinajstić information content (AvgIpc) is 1.64. The number of hydrogen-bond donors (Lipinski definition) is 0. The summed E-state index contributed by atoms with van der Waals surface area (Å²) in [5.41, 5.74) is 5.74. The Morgan fingerprint density at radius 2 is 0.657 bits per heavy atom. The van der Waals surface area contributed by atoms with E-state index in [4.69, 9.17) is 66.8 Å². The summed E-state index contributed by atoms with van der Waals surface area (Å²) in [6.07, 6.45) is 8.24. The Morgan fingerprint density at radius 1 is 0.371 bits per heavy atom. The largest absolute Gasteiger partial charge is 1.00 e. The van der Waals surface area contributed by atoms with Gasteiger partial charge in [-0.05, 0) is 75.6 Å². The van der Waals surface area contributed by atoms with E-state index in [1.807, 2.05) is 24.3 Å². The zero-order valence-electron chi connectivity index (χ0n) is 81.6. The van der Waals surface area contributed by atoms with Gasteiger partial charge < -0.3 is 105 Å². The number of carbonyl (C=O) groups excluding carboxylic acids is 10. The molecule has 0 spiro atoms. The van der Waals surface area contributed by atoms with Crippen molar-refractivity contribution in [2.75, 3.05) is 66.1 Å². The molecule has 2 aromatic heterocycles. The van der Waals surface area contributed by atoms with Crippen molar-refractivity contribution in [1.29, 1.82) is 0 Å². The second-order valence-corrected chi connectivity index (χ2v) is 38.5. The summed E-state index contributed by atoms with van der Waals surface area (Å²) >= 11 is 11.9. The fourth-order valence-electron chi connectivity index (χ4n) is 10.2. The molecule has 6 heterocycles. The van der Waals surface area contributed by atoms with Crippen LogP contribution >= 0.6 is 105 Å². The van der Waals surface area contributed by atoms with Crippen LogP contribution in [0.1, 0.15) is 102 Å². The standard InChI is InChI=1S/C24H24O8S2.C21H21NO4S2.C19H17NO4S2.C17H11NOS.C15H9NO4S2.10K/c1-3-19(25)29-13-7-9-15-31-22(27)21(24-33-17-11-5-6-12-18(17)34-24)23(28)32-16-10-8-14-30-20(26)4-2;1-6-17(23)25-11-7-8-12-26-19(24)18(22-5)20-27-15-10-9-14(21(2,3)4)13-16(15)28-20;1-6-15(21)23-9-10-24-17(22)16(20-5)18-25-13-8-7-12(19(2,3)4)11-14(13)26-18;1-10-7-11(2)12-9-15(19-14(12)8-10)17-18-13-5-3-4-6-16(13)20-17;1-3-12(17)19-8-9-20-14(18)13(16-2)15-21-10-6-4-5-7-11(10)22-15;;;;;;;;;;/h3-6H,1-2,7-10,13-16H2;6,9H,1,7-8,11-12H2,2-4H3;6-7H,1,9-10H2,2-4H3;3-4,7-9H,1-2H3;3-5H,1,8-9H2;;;;;;;;;;/q5*-2;10*+1/b;20-18-;18-16-;;;;;;;;;;;;. The number of thioether (sulfide) groups is 8. The molecular weight excluding hydrogens is 2220 g/mol. The summed E-state index contributed by atoms with van der Waals surface area (Å²) in [5, 5.41) is 2.03. The molecule has 8 aromatic rings. The third-order valence-electron chi connectivity index (χ3n) is 16.7. The number of aryl methyl sites for hydroxylation is 2. The Hall–Kier alpha value is 4.74. The first-order chi connectivity index (χ1) is 62.3. The van der Waals surface area contributed by atoms with Gasteiger partial charge in [-0.3, -0.25) is 86.2 Å². The Bertz CT molecular complexity index is 5800. The molecule has 0 atom stereocenters. The van der Waals surface area contributed by atoms with Crippen LogP contribution in [0.4, 0.5) is 0 Å². The molecular formula is C96H82K10N4O21S9. The molecule has 0 N–H and O–H groups in total. The minimum absolute atomic E-state index is 0. The number of unbranched alkanes of at least 4 members (excludes halogenated alkanes) is 3. The number of thiazole rings is 1. The van der Waals surface area contributed by atoms with Crippen LogP contribution in [-0.2, 0) is 106 Å². The van der Waals surface area contributed by atoms with E-state index < -0.39 is 59.7 Å². The van der Waals surface area contributed by atoms with E-state index in [1.54, 1.807) is 35.6 Å². The van der Waals surface area contributed by atoms with Gasteiger partial charge in [-0.15, -0.1) is 5.52 Å². The molecule has 0 bridgehead atoms. The van der Waals surface area contributed by atoms with Crippen LogP contribution in [0.3, 0.4) is 0 Å². The maximum absolute atomic E-state index is 12.8. The first-order valence-electron chi connectivity index (χ1n) is 39.2. The van der Waals surface area contributed by atoms with Gasteiger partial charge >= 0.3 is 574 Å². The van der Waals surface area contributed by atoms with E-state index >= 15 is 0 Å². The Kier molecular flexibility index (Phi) is 85.6. The normalized spacial score (nSPS) is 12.1. The van der Waals surface area contributed by atoms with Gasteiger partial charge in [0.25, 0.3) is 17.1 Å². The van der Waals surface area contributed by atoms with Gasteiger partial charge in [0.05, 0.1) is 59.4 Å². The maximum atomic E-state index is 12.8. The fourth-order valence-corrected chi connectivity index (χ4v) is 20.4. The molecule has 44 heteroatoms. The van der Waals surface area contributed by atoms with Crippen molar-refractivity contribution >= 4 is 186 Å².